The quantitative estimate of drug-likeness (QED) is 0.782. The maximum Gasteiger partial charge on any atom is 0.235 e. The molecule has 0 aliphatic carbocycles. The van der Waals surface area contributed by atoms with Gasteiger partial charge in [0.25, 0.3) is 0 Å². The molecular formula is C13H25N3OS. The SMILES string of the molecule is CCC(C)N1CCN(C(=O)C(C)(C)C(N)=S)CC1. The van der Waals surface area contributed by atoms with Gasteiger partial charge in [0.1, 0.15) is 0 Å². The van der Waals surface area contributed by atoms with Crippen LogP contribution in [0.3, 0.4) is 0 Å². The van der Waals surface area contributed by atoms with Crippen LogP contribution in [0.15, 0.2) is 0 Å². The van der Waals surface area contributed by atoms with Gasteiger partial charge in [-0.25, -0.2) is 0 Å². The van der Waals surface area contributed by atoms with Gasteiger partial charge in [-0.15, -0.1) is 0 Å². The molecule has 5 heteroatoms. The topological polar surface area (TPSA) is 49.6 Å². The van der Waals surface area contributed by atoms with Crippen molar-refractivity contribution in [2.24, 2.45) is 11.1 Å². The molecule has 0 aromatic rings. The third kappa shape index (κ3) is 3.20. The number of hydrogen-bond acceptors (Lipinski definition) is 3. The van der Waals surface area contributed by atoms with E-state index >= 15 is 0 Å². The Labute approximate surface area is 115 Å². The first-order valence-electron chi connectivity index (χ1n) is 6.64. The van der Waals surface area contributed by atoms with Crippen molar-refractivity contribution in [3.8, 4) is 0 Å². The zero-order valence-electron chi connectivity index (χ0n) is 11.9. The normalized spacial score (nSPS) is 19.7. The van der Waals surface area contributed by atoms with Crippen LogP contribution < -0.4 is 5.73 Å². The van der Waals surface area contributed by atoms with E-state index in [1.807, 2.05) is 4.90 Å². The van der Waals surface area contributed by atoms with E-state index in [0.29, 0.717) is 6.04 Å². The standard InChI is InChI=1S/C13H25N3OS/c1-5-10(2)15-6-8-16(9-7-15)12(17)13(3,4)11(14)18/h10H,5-9H2,1-4H3,(H2,14,18). The molecule has 1 fully saturated rings. The molecule has 18 heavy (non-hydrogen) atoms. The van der Waals surface area contributed by atoms with Crippen molar-refractivity contribution < 1.29 is 4.79 Å². The number of piperazine rings is 1. The first-order valence-corrected chi connectivity index (χ1v) is 7.04. The summed E-state index contributed by atoms with van der Waals surface area (Å²) in [6, 6.07) is 0.589. The number of carbonyl (C=O) groups is 1. The van der Waals surface area contributed by atoms with E-state index in [-0.39, 0.29) is 10.9 Å². The molecule has 1 aliphatic heterocycles. The lowest BCUT2D eigenvalue weighted by Gasteiger charge is -2.40. The summed E-state index contributed by atoms with van der Waals surface area (Å²) in [6.07, 6.45) is 1.15. The molecule has 0 aromatic carbocycles. The fourth-order valence-electron chi connectivity index (χ4n) is 2.12. The van der Waals surface area contributed by atoms with Crippen molar-refractivity contribution in [1.29, 1.82) is 0 Å². The van der Waals surface area contributed by atoms with Gasteiger partial charge in [-0.05, 0) is 27.2 Å². The molecule has 1 saturated heterocycles. The highest BCUT2D eigenvalue weighted by Crippen LogP contribution is 2.21. The molecule has 1 atom stereocenters. The second-order valence-electron chi connectivity index (χ2n) is 5.57. The Balaban J connectivity index is 2.58. The monoisotopic (exact) mass is 271 g/mol. The fraction of sp³-hybridized carbons (Fsp3) is 0.846. The third-order valence-electron chi connectivity index (χ3n) is 3.97. The van der Waals surface area contributed by atoms with E-state index in [9.17, 15) is 4.79 Å². The predicted molar refractivity (Wildman–Crippen MR) is 78.5 cm³/mol. The van der Waals surface area contributed by atoms with Crippen LogP contribution in [0.4, 0.5) is 0 Å². The van der Waals surface area contributed by atoms with Crippen LogP contribution in [0.25, 0.3) is 0 Å². The lowest BCUT2D eigenvalue weighted by Crippen LogP contribution is -2.55. The smallest absolute Gasteiger partial charge is 0.235 e. The summed E-state index contributed by atoms with van der Waals surface area (Å²) >= 11 is 4.98. The molecule has 0 saturated carbocycles. The second kappa shape index (κ2) is 5.97. The van der Waals surface area contributed by atoms with E-state index in [1.54, 1.807) is 13.8 Å². The maximum absolute atomic E-state index is 12.3. The number of nitrogens with zero attached hydrogens (tertiary/aromatic N) is 2. The molecular weight excluding hydrogens is 246 g/mol. The van der Waals surface area contributed by atoms with Crippen LogP contribution in [0.5, 0.6) is 0 Å². The van der Waals surface area contributed by atoms with Crippen LogP contribution in [0, 0.1) is 5.41 Å². The Kier molecular flexibility index (Phi) is 5.10. The number of rotatable bonds is 4. The van der Waals surface area contributed by atoms with Crippen molar-refractivity contribution in [2.45, 2.75) is 40.2 Å². The van der Waals surface area contributed by atoms with E-state index in [2.05, 4.69) is 18.7 Å². The highest BCUT2D eigenvalue weighted by Gasteiger charge is 2.36. The average Bonchev–Trinajstić information content (AvgIpc) is 2.36. The van der Waals surface area contributed by atoms with Gasteiger partial charge < -0.3 is 10.6 Å². The van der Waals surface area contributed by atoms with Crippen molar-refractivity contribution in [2.75, 3.05) is 26.2 Å². The summed E-state index contributed by atoms with van der Waals surface area (Å²) in [7, 11) is 0. The summed E-state index contributed by atoms with van der Waals surface area (Å²) in [5.41, 5.74) is 4.92. The Hall–Kier alpha value is -0.680. The summed E-state index contributed by atoms with van der Waals surface area (Å²) in [5.74, 6) is 0.0544. The molecule has 104 valence electrons. The highest BCUT2D eigenvalue weighted by molar-refractivity contribution is 7.80. The van der Waals surface area contributed by atoms with E-state index in [1.165, 1.54) is 0 Å². The first-order chi connectivity index (χ1) is 8.30. The number of hydrogen-bond donors (Lipinski definition) is 1. The van der Waals surface area contributed by atoms with Gasteiger partial charge in [-0.3, -0.25) is 9.69 Å². The van der Waals surface area contributed by atoms with Crippen LogP contribution in [-0.4, -0.2) is 52.9 Å². The largest absolute Gasteiger partial charge is 0.392 e. The van der Waals surface area contributed by atoms with Gasteiger partial charge in [0.05, 0.1) is 10.4 Å². The van der Waals surface area contributed by atoms with Crippen molar-refractivity contribution >= 4 is 23.1 Å². The minimum atomic E-state index is -0.728. The van der Waals surface area contributed by atoms with Gasteiger partial charge in [0, 0.05) is 32.2 Å². The van der Waals surface area contributed by atoms with Crippen LogP contribution in [0.1, 0.15) is 34.1 Å². The molecule has 2 N–H and O–H groups in total. The zero-order chi connectivity index (χ0) is 13.9. The molecule has 4 nitrogen and oxygen atoms in total. The van der Waals surface area contributed by atoms with E-state index in [4.69, 9.17) is 18.0 Å². The van der Waals surface area contributed by atoms with Crippen LogP contribution >= 0.6 is 12.2 Å². The third-order valence-corrected chi connectivity index (χ3v) is 4.48. The number of thiocarbonyl (C=S) groups is 1. The van der Waals surface area contributed by atoms with Gasteiger partial charge in [0.2, 0.25) is 5.91 Å². The molecule has 0 bridgehead atoms. The second-order valence-corrected chi connectivity index (χ2v) is 6.01. The molecule has 1 unspecified atom stereocenters. The lowest BCUT2D eigenvalue weighted by atomic mass is 9.91. The van der Waals surface area contributed by atoms with Gasteiger partial charge in [0.15, 0.2) is 0 Å². The Bertz CT molecular complexity index is 322. The van der Waals surface area contributed by atoms with Crippen molar-refractivity contribution in [1.82, 2.24) is 9.80 Å². The molecule has 0 spiro atoms. The molecule has 1 amide bonds. The molecule has 1 rings (SSSR count). The number of carbonyl (C=O) groups excluding carboxylic acids is 1. The van der Waals surface area contributed by atoms with E-state index in [0.717, 1.165) is 32.6 Å². The first kappa shape index (κ1) is 15.4. The maximum atomic E-state index is 12.3. The average molecular weight is 271 g/mol. The number of amides is 1. The van der Waals surface area contributed by atoms with Gasteiger partial charge >= 0.3 is 0 Å². The summed E-state index contributed by atoms with van der Waals surface area (Å²) in [5, 5.41) is 0. The lowest BCUT2D eigenvalue weighted by molar-refractivity contribution is -0.139. The summed E-state index contributed by atoms with van der Waals surface area (Å²) < 4.78 is 0. The van der Waals surface area contributed by atoms with Crippen LogP contribution in [0.2, 0.25) is 0 Å². The fourth-order valence-corrected chi connectivity index (χ4v) is 2.21. The van der Waals surface area contributed by atoms with Crippen molar-refractivity contribution in [3.05, 3.63) is 0 Å². The zero-order valence-corrected chi connectivity index (χ0v) is 12.7. The van der Waals surface area contributed by atoms with Gasteiger partial charge in [-0.1, -0.05) is 19.1 Å². The Morgan fingerprint density at radius 3 is 2.22 bits per heavy atom. The predicted octanol–water partition coefficient (Wildman–Crippen LogP) is 1.24. The summed E-state index contributed by atoms with van der Waals surface area (Å²) in [6.45, 7) is 11.5. The molecule has 0 radical (unpaired) electrons. The highest BCUT2D eigenvalue weighted by atomic mass is 32.1. The number of nitrogens with two attached hydrogens (primary N) is 1. The molecule has 1 heterocycles. The summed E-state index contributed by atoms with van der Waals surface area (Å²) in [4.78, 5) is 16.9. The van der Waals surface area contributed by atoms with Crippen LogP contribution in [-0.2, 0) is 4.79 Å². The van der Waals surface area contributed by atoms with E-state index < -0.39 is 5.41 Å². The van der Waals surface area contributed by atoms with Crippen molar-refractivity contribution in [3.63, 3.8) is 0 Å². The minimum absolute atomic E-state index is 0.0544. The Morgan fingerprint density at radius 1 is 1.33 bits per heavy atom. The molecule has 0 aromatic heterocycles. The Morgan fingerprint density at radius 2 is 1.83 bits per heavy atom. The van der Waals surface area contributed by atoms with Gasteiger partial charge in [-0.2, -0.15) is 0 Å². The molecule has 1 aliphatic rings. The minimum Gasteiger partial charge on any atom is -0.392 e.